The number of rotatable bonds is 6. The number of fused-ring (bicyclic) bond motifs is 1. The van der Waals surface area contributed by atoms with Gasteiger partial charge in [-0.05, 0) is 30.2 Å². The highest BCUT2D eigenvalue weighted by Gasteiger charge is 2.29. The zero-order valence-corrected chi connectivity index (χ0v) is 11.2. The smallest absolute Gasteiger partial charge is 0.331 e. The summed E-state index contributed by atoms with van der Waals surface area (Å²) >= 11 is 0. The van der Waals surface area contributed by atoms with Gasteiger partial charge in [0.25, 0.3) is 0 Å². The topological polar surface area (TPSA) is 84.9 Å². The van der Waals surface area contributed by atoms with Crippen molar-refractivity contribution in [3.8, 4) is 5.75 Å². The van der Waals surface area contributed by atoms with Crippen molar-refractivity contribution in [3.05, 3.63) is 29.3 Å². The molecule has 2 unspecified atom stereocenters. The number of ether oxygens (including phenoxy) is 2. The molecule has 0 aromatic heterocycles. The van der Waals surface area contributed by atoms with Crippen LogP contribution >= 0.6 is 0 Å². The van der Waals surface area contributed by atoms with Gasteiger partial charge in [0.1, 0.15) is 11.9 Å². The van der Waals surface area contributed by atoms with E-state index in [-0.39, 0.29) is 6.61 Å². The predicted molar refractivity (Wildman–Crippen MR) is 70.2 cm³/mol. The van der Waals surface area contributed by atoms with Gasteiger partial charge in [-0.3, -0.25) is 4.79 Å². The quantitative estimate of drug-likeness (QED) is 0.579. The lowest BCUT2D eigenvalue weighted by Gasteiger charge is -2.21. The van der Waals surface area contributed by atoms with Crippen molar-refractivity contribution >= 4 is 12.4 Å². The lowest BCUT2D eigenvalue weighted by molar-refractivity contribution is -0.149. The van der Waals surface area contributed by atoms with Gasteiger partial charge in [-0.1, -0.05) is 6.07 Å². The Hall–Kier alpha value is -2.08. The SMILES string of the molecule is CCOC(=O)C(NC=O)C(O)c1ccc2c(c1)CCO2. The summed E-state index contributed by atoms with van der Waals surface area (Å²) in [6.45, 7) is 2.46. The van der Waals surface area contributed by atoms with Crippen LogP contribution in [0.3, 0.4) is 0 Å². The first-order chi connectivity index (χ1) is 9.67. The Morgan fingerprint density at radius 3 is 3.10 bits per heavy atom. The molecule has 0 saturated heterocycles. The van der Waals surface area contributed by atoms with Gasteiger partial charge in [-0.15, -0.1) is 0 Å². The standard InChI is InChI=1S/C14H17NO5/c1-2-19-14(18)12(15-8-16)13(17)10-3-4-11-9(7-10)5-6-20-11/h3-4,7-8,12-13,17H,2,5-6H2,1H3,(H,15,16). The minimum atomic E-state index is -1.16. The maximum Gasteiger partial charge on any atom is 0.331 e. The minimum absolute atomic E-state index is 0.181. The number of hydrogen-bond donors (Lipinski definition) is 2. The van der Waals surface area contributed by atoms with Gasteiger partial charge in [0, 0.05) is 6.42 Å². The predicted octanol–water partition coefficient (Wildman–Crippen LogP) is 0.333. The molecule has 2 atom stereocenters. The van der Waals surface area contributed by atoms with E-state index < -0.39 is 18.1 Å². The zero-order chi connectivity index (χ0) is 14.5. The summed E-state index contributed by atoms with van der Waals surface area (Å²) < 4.78 is 10.2. The molecule has 2 rings (SSSR count). The second-order valence-corrected chi connectivity index (χ2v) is 4.42. The molecule has 0 aliphatic carbocycles. The highest BCUT2D eigenvalue weighted by atomic mass is 16.5. The fourth-order valence-corrected chi connectivity index (χ4v) is 2.18. The van der Waals surface area contributed by atoms with Crippen LogP contribution in [0.4, 0.5) is 0 Å². The van der Waals surface area contributed by atoms with Crippen LogP contribution in [0.1, 0.15) is 24.2 Å². The molecule has 1 amide bonds. The lowest BCUT2D eigenvalue weighted by atomic mass is 9.99. The fraction of sp³-hybridized carbons (Fsp3) is 0.429. The van der Waals surface area contributed by atoms with Crippen LogP contribution in [0.25, 0.3) is 0 Å². The summed E-state index contributed by atoms with van der Waals surface area (Å²) in [6.07, 6.45) is -0.0207. The maximum absolute atomic E-state index is 11.8. The molecule has 1 aliphatic heterocycles. The largest absolute Gasteiger partial charge is 0.493 e. The normalized spacial score (nSPS) is 15.7. The Bertz CT molecular complexity index is 502. The number of nitrogens with one attached hydrogen (secondary N) is 1. The monoisotopic (exact) mass is 279 g/mol. The zero-order valence-electron chi connectivity index (χ0n) is 11.2. The molecule has 1 aromatic carbocycles. The van der Waals surface area contributed by atoms with Crippen LogP contribution < -0.4 is 10.1 Å². The number of carbonyl (C=O) groups excluding carboxylic acids is 2. The minimum Gasteiger partial charge on any atom is -0.493 e. The van der Waals surface area contributed by atoms with Crippen molar-refractivity contribution < 1.29 is 24.2 Å². The van der Waals surface area contributed by atoms with Crippen molar-refractivity contribution in [2.45, 2.75) is 25.5 Å². The summed E-state index contributed by atoms with van der Waals surface area (Å²) in [5, 5.41) is 12.6. The van der Waals surface area contributed by atoms with Crippen LogP contribution in [0.5, 0.6) is 5.75 Å². The molecule has 0 spiro atoms. The van der Waals surface area contributed by atoms with E-state index in [2.05, 4.69) is 5.32 Å². The number of aliphatic hydroxyl groups excluding tert-OH is 1. The van der Waals surface area contributed by atoms with Gasteiger partial charge >= 0.3 is 5.97 Å². The number of carbonyl (C=O) groups is 2. The van der Waals surface area contributed by atoms with Crippen LogP contribution in [-0.2, 0) is 20.7 Å². The molecule has 0 radical (unpaired) electrons. The Morgan fingerprint density at radius 2 is 2.40 bits per heavy atom. The average Bonchev–Trinajstić information content (AvgIpc) is 2.91. The number of hydrogen-bond acceptors (Lipinski definition) is 5. The molecule has 0 fully saturated rings. The Kier molecular flexibility index (Phi) is 4.57. The van der Waals surface area contributed by atoms with Crippen LogP contribution in [-0.4, -0.2) is 36.7 Å². The Balaban J connectivity index is 2.20. The molecule has 108 valence electrons. The van der Waals surface area contributed by atoms with Gasteiger partial charge in [0.05, 0.1) is 13.2 Å². The van der Waals surface area contributed by atoms with E-state index in [0.29, 0.717) is 18.6 Å². The van der Waals surface area contributed by atoms with Crippen molar-refractivity contribution in [3.63, 3.8) is 0 Å². The highest BCUT2D eigenvalue weighted by Crippen LogP contribution is 2.29. The third-order valence-corrected chi connectivity index (χ3v) is 3.16. The second-order valence-electron chi connectivity index (χ2n) is 4.42. The van der Waals surface area contributed by atoms with E-state index >= 15 is 0 Å². The third-order valence-electron chi connectivity index (χ3n) is 3.16. The molecular weight excluding hydrogens is 262 g/mol. The summed E-state index contributed by atoms with van der Waals surface area (Å²) in [7, 11) is 0. The summed E-state index contributed by atoms with van der Waals surface area (Å²) in [5.74, 6) is 0.126. The molecule has 1 heterocycles. The molecule has 6 nitrogen and oxygen atoms in total. The summed E-state index contributed by atoms with van der Waals surface area (Å²) in [4.78, 5) is 22.4. The van der Waals surface area contributed by atoms with Gasteiger partial charge in [-0.2, -0.15) is 0 Å². The Morgan fingerprint density at radius 1 is 1.60 bits per heavy atom. The van der Waals surface area contributed by atoms with E-state index in [4.69, 9.17) is 9.47 Å². The number of amides is 1. The fourth-order valence-electron chi connectivity index (χ4n) is 2.18. The molecule has 1 aromatic rings. The van der Waals surface area contributed by atoms with Gasteiger partial charge in [0.2, 0.25) is 6.41 Å². The van der Waals surface area contributed by atoms with Crippen LogP contribution in [0, 0.1) is 0 Å². The summed E-state index contributed by atoms with van der Waals surface area (Å²) in [5.41, 5.74) is 1.52. The number of esters is 1. The van der Waals surface area contributed by atoms with Gasteiger partial charge < -0.3 is 19.9 Å². The first-order valence-corrected chi connectivity index (χ1v) is 6.47. The van der Waals surface area contributed by atoms with E-state index in [1.54, 1.807) is 25.1 Å². The molecule has 0 saturated carbocycles. The van der Waals surface area contributed by atoms with E-state index in [9.17, 15) is 14.7 Å². The molecule has 2 N–H and O–H groups in total. The van der Waals surface area contributed by atoms with E-state index in [0.717, 1.165) is 17.7 Å². The second kappa shape index (κ2) is 6.38. The average molecular weight is 279 g/mol. The first kappa shape index (κ1) is 14.3. The number of aliphatic hydroxyl groups is 1. The molecule has 20 heavy (non-hydrogen) atoms. The molecular formula is C14H17NO5. The number of benzene rings is 1. The highest BCUT2D eigenvalue weighted by molar-refractivity contribution is 5.79. The maximum atomic E-state index is 11.8. The molecule has 6 heteroatoms. The van der Waals surface area contributed by atoms with Crippen LogP contribution in [0.15, 0.2) is 18.2 Å². The summed E-state index contributed by atoms with van der Waals surface area (Å²) in [6, 6.07) is 4.09. The van der Waals surface area contributed by atoms with E-state index in [1.165, 1.54) is 0 Å². The molecule has 0 bridgehead atoms. The molecule has 1 aliphatic rings. The van der Waals surface area contributed by atoms with Crippen LogP contribution in [0.2, 0.25) is 0 Å². The van der Waals surface area contributed by atoms with Gasteiger partial charge in [-0.25, -0.2) is 4.79 Å². The lowest BCUT2D eigenvalue weighted by Crippen LogP contribution is -2.42. The van der Waals surface area contributed by atoms with Gasteiger partial charge in [0.15, 0.2) is 6.04 Å². The third kappa shape index (κ3) is 2.91. The van der Waals surface area contributed by atoms with Crippen molar-refractivity contribution in [1.29, 1.82) is 0 Å². The van der Waals surface area contributed by atoms with Crippen molar-refractivity contribution in [2.75, 3.05) is 13.2 Å². The Labute approximate surface area is 116 Å². The first-order valence-electron chi connectivity index (χ1n) is 6.47. The van der Waals surface area contributed by atoms with Crippen molar-refractivity contribution in [2.24, 2.45) is 0 Å². The van der Waals surface area contributed by atoms with Crippen molar-refractivity contribution in [1.82, 2.24) is 5.32 Å². The van der Waals surface area contributed by atoms with E-state index in [1.807, 2.05) is 0 Å².